The predicted octanol–water partition coefficient (Wildman–Crippen LogP) is 5.72. The van der Waals surface area contributed by atoms with Crippen LogP contribution >= 0.6 is 46.2 Å². The maximum atomic E-state index is 12.5. The molecule has 30 heavy (non-hydrogen) atoms. The van der Waals surface area contributed by atoms with E-state index in [4.69, 9.17) is 0 Å². The first-order valence-corrected chi connectivity index (χ1v) is 12.7. The summed E-state index contributed by atoms with van der Waals surface area (Å²) in [7, 11) is 0. The van der Waals surface area contributed by atoms with Crippen LogP contribution in [-0.2, 0) is 10.5 Å². The highest BCUT2D eigenvalue weighted by atomic mass is 32.2. The fourth-order valence-corrected chi connectivity index (χ4v) is 6.65. The minimum Gasteiger partial charge on any atom is -0.297 e. The summed E-state index contributed by atoms with van der Waals surface area (Å²) in [6, 6.07) is 16.7. The van der Waals surface area contributed by atoms with Gasteiger partial charge >= 0.3 is 0 Å². The Morgan fingerprint density at radius 1 is 1.13 bits per heavy atom. The van der Waals surface area contributed by atoms with Gasteiger partial charge in [-0.15, -0.1) is 21.5 Å². The van der Waals surface area contributed by atoms with Gasteiger partial charge in [0, 0.05) is 16.8 Å². The third-order valence-corrected chi connectivity index (χ3v) is 8.58. The van der Waals surface area contributed by atoms with Gasteiger partial charge in [-0.1, -0.05) is 77.3 Å². The van der Waals surface area contributed by atoms with Crippen LogP contribution in [0.1, 0.15) is 22.2 Å². The molecule has 0 aliphatic carbocycles. The number of fused-ring (bicyclic) bond motifs is 1. The lowest BCUT2D eigenvalue weighted by molar-refractivity contribution is -0.116. The van der Waals surface area contributed by atoms with E-state index in [0.29, 0.717) is 5.01 Å². The van der Waals surface area contributed by atoms with Gasteiger partial charge in [0.1, 0.15) is 5.01 Å². The number of rotatable bonds is 8. The van der Waals surface area contributed by atoms with Crippen LogP contribution in [0.5, 0.6) is 0 Å². The number of aromatic nitrogens is 3. The average molecular weight is 469 g/mol. The molecule has 0 saturated carbocycles. The van der Waals surface area contributed by atoms with Crippen molar-refractivity contribution in [2.45, 2.75) is 27.3 Å². The molecular formula is C21H16N4OS4. The number of ketones is 1. The molecule has 1 atom stereocenters. The summed E-state index contributed by atoms with van der Waals surface area (Å²) in [4.78, 5) is 16.7. The summed E-state index contributed by atoms with van der Waals surface area (Å²) in [5.74, 6) is 0.0141. The summed E-state index contributed by atoms with van der Waals surface area (Å²) < 4.78 is 1.60. The van der Waals surface area contributed by atoms with E-state index < -0.39 is 5.92 Å². The number of carbonyl (C=O) groups excluding carboxylic acids is 1. The van der Waals surface area contributed by atoms with E-state index in [0.717, 1.165) is 20.1 Å². The van der Waals surface area contributed by atoms with Crippen LogP contribution < -0.4 is 0 Å². The van der Waals surface area contributed by atoms with Gasteiger partial charge in [0.15, 0.2) is 20.4 Å². The summed E-state index contributed by atoms with van der Waals surface area (Å²) >= 11 is 5.79. The molecule has 0 radical (unpaired) electrons. The van der Waals surface area contributed by atoms with Crippen LogP contribution in [0.2, 0.25) is 0 Å². The summed E-state index contributed by atoms with van der Waals surface area (Å²) in [5.41, 5.74) is 2.08. The zero-order valence-electron chi connectivity index (χ0n) is 15.9. The molecule has 5 nitrogen and oxygen atoms in total. The fourth-order valence-electron chi connectivity index (χ4n) is 2.86. The Kier molecular flexibility index (Phi) is 6.79. The summed E-state index contributed by atoms with van der Waals surface area (Å²) in [6.07, 6.45) is 0. The molecule has 4 aromatic rings. The van der Waals surface area contributed by atoms with Gasteiger partial charge in [0.2, 0.25) is 0 Å². The van der Waals surface area contributed by atoms with Crippen molar-refractivity contribution in [1.82, 2.24) is 15.2 Å². The number of hydrogen-bond donors (Lipinski definition) is 0. The molecule has 2 heterocycles. The Morgan fingerprint density at radius 2 is 1.90 bits per heavy atom. The van der Waals surface area contributed by atoms with Crippen molar-refractivity contribution < 1.29 is 4.79 Å². The van der Waals surface area contributed by atoms with E-state index in [1.54, 1.807) is 11.8 Å². The number of Topliss-reactive ketones (excluding diaryl/α,β-unsaturated/α-hetero) is 1. The molecule has 9 heteroatoms. The first-order valence-electron chi connectivity index (χ1n) is 9.04. The largest absolute Gasteiger partial charge is 0.297 e. The number of benzene rings is 2. The molecule has 0 aliphatic rings. The number of thiazole rings is 1. The van der Waals surface area contributed by atoms with Gasteiger partial charge in [-0.25, -0.2) is 4.98 Å². The van der Waals surface area contributed by atoms with E-state index in [-0.39, 0.29) is 11.5 Å². The highest BCUT2D eigenvalue weighted by molar-refractivity contribution is 8.03. The lowest BCUT2D eigenvalue weighted by atomic mass is 10.1. The third kappa shape index (κ3) is 4.90. The highest BCUT2D eigenvalue weighted by Crippen LogP contribution is 2.33. The van der Waals surface area contributed by atoms with Crippen molar-refractivity contribution in [3.05, 3.63) is 64.1 Å². The molecule has 2 aromatic carbocycles. The van der Waals surface area contributed by atoms with Gasteiger partial charge in [-0.05, 0) is 23.3 Å². The molecule has 4 rings (SSSR count). The fraction of sp³-hybridized carbons (Fsp3) is 0.190. The molecule has 0 fully saturated rings. The smallest absolute Gasteiger partial charge is 0.175 e. The van der Waals surface area contributed by atoms with Crippen molar-refractivity contribution in [1.29, 1.82) is 5.26 Å². The second-order valence-electron chi connectivity index (χ2n) is 6.41. The molecule has 0 unspecified atom stereocenters. The average Bonchev–Trinajstić information content (AvgIpc) is 3.40. The molecule has 0 saturated heterocycles. The van der Waals surface area contributed by atoms with Gasteiger partial charge in [0.25, 0.3) is 0 Å². The predicted molar refractivity (Wildman–Crippen MR) is 124 cm³/mol. The molecule has 0 amide bonds. The monoisotopic (exact) mass is 468 g/mol. The number of thioether (sulfide) groups is 2. The summed E-state index contributed by atoms with van der Waals surface area (Å²) in [5, 5.41) is 22.7. The summed E-state index contributed by atoms with van der Waals surface area (Å²) in [6.45, 7) is 1.85. The maximum absolute atomic E-state index is 12.5. The zero-order chi connectivity index (χ0) is 20.9. The number of nitrogens with zero attached hydrogens (tertiary/aromatic N) is 4. The Balaban J connectivity index is 1.35. The molecule has 2 aromatic heterocycles. The van der Waals surface area contributed by atoms with Crippen LogP contribution in [0.3, 0.4) is 0 Å². The first-order chi connectivity index (χ1) is 14.6. The first kappa shape index (κ1) is 21.0. The van der Waals surface area contributed by atoms with Crippen LogP contribution in [-0.4, -0.2) is 26.7 Å². The number of nitriles is 1. The molecule has 0 aliphatic heterocycles. The highest BCUT2D eigenvalue weighted by Gasteiger charge is 2.23. The maximum Gasteiger partial charge on any atom is 0.175 e. The van der Waals surface area contributed by atoms with E-state index in [2.05, 4.69) is 57.6 Å². The van der Waals surface area contributed by atoms with E-state index in [9.17, 15) is 10.1 Å². The second-order valence-corrected chi connectivity index (χ2v) is 10.7. The Hall–Kier alpha value is -2.25. The Morgan fingerprint density at radius 3 is 2.67 bits per heavy atom. The second kappa shape index (κ2) is 9.71. The minimum atomic E-state index is -0.815. The topological polar surface area (TPSA) is 79.5 Å². The zero-order valence-corrected chi connectivity index (χ0v) is 19.2. The number of hydrogen-bond acceptors (Lipinski definition) is 9. The van der Waals surface area contributed by atoms with Crippen LogP contribution in [0.4, 0.5) is 0 Å². The van der Waals surface area contributed by atoms with Crippen LogP contribution in [0.25, 0.3) is 10.8 Å². The van der Waals surface area contributed by atoms with Crippen LogP contribution in [0.15, 0.2) is 56.5 Å². The van der Waals surface area contributed by atoms with E-state index >= 15 is 0 Å². The van der Waals surface area contributed by atoms with E-state index in [1.807, 2.05) is 18.4 Å². The standard InChI is InChI=1S/C21H16N4OS4/c1-13-10-27-19(23-13)17(9-22)18(26)12-29-21-25-24-20(30-21)28-11-15-7-4-6-14-5-2-3-8-16(14)15/h2-8,10,17H,11-12H2,1H3/t17-/m0/s1. The third-order valence-electron chi connectivity index (χ3n) is 4.29. The van der Waals surface area contributed by atoms with Crippen molar-refractivity contribution in [3.8, 4) is 6.07 Å². The lowest BCUT2D eigenvalue weighted by Crippen LogP contribution is -2.13. The lowest BCUT2D eigenvalue weighted by Gasteiger charge is -2.04. The van der Waals surface area contributed by atoms with Gasteiger partial charge in [0.05, 0.1) is 11.8 Å². The van der Waals surface area contributed by atoms with Gasteiger partial charge in [-0.3, -0.25) is 4.79 Å². The number of aryl methyl sites for hydroxylation is 1. The SMILES string of the molecule is Cc1csc([C@@H](C#N)C(=O)CSc2nnc(SCc3cccc4ccccc34)s2)n1. The molecule has 0 spiro atoms. The van der Waals surface area contributed by atoms with Crippen LogP contribution in [0, 0.1) is 18.3 Å². The van der Waals surface area contributed by atoms with Gasteiger partial charge in [-0.2, -0.15) is 5.26 Å². The molecule has 150 valence electrons. The molecule has 0 N–H and O–H groups in total. The van der Waals surface area contributed by atoms with E-state index in [1.165, 1.54) is 50.8 Å². The molecular weight excluding hydrogens is 453 g/mol. The Labute approximate surface area is 190 Å². The Bertz CT molecular complexity index is 1220. The van der Waals surface area contributed by atoms with Crippen molar-refractivity contribution in [3.63, 3.8) is 0 Å². The minimum absolute atomic E-state index is 0.156. The normalized spacial score (nSPS) is 12.0. The quantitative estimate of drug-likeness (QED) is 0.306. The van der Waals surface area contributed by atoms with Crippen molar-refractivity contribution in [2.75, 3.05) is 5.75 Å². The van der Waals surface area contributed by atoms with Crippen molar-refractivity contribution in [2.24, 2.45) is 0 Å². The van der Waals surface area contributed by atoms with Gasteiger partial charge < -0.3 is 0 Å². The van der Waals surface area contributed by atoms with Crippen molar-refractivity contribution >= 4 is 62.8 Å². The molecule has 0 bridgehead atoms. The number of carbonyl (C=O) groups is 1.